The molecule has 1 amide bonds. The summed E-state index contributed by atoms with van der Waals surface area (Å²) in [5, 5.41) is 7.17. The van der Waals surface area contributed by atoms with E-state index in [1.807, 2.05) is 36.5 Å². The molecule has 28 heavy (non-hydrogen) atoms. The number of aromatic amines is 1. The molecule has 3 aromatic rings. The largest absolute Gasteiger partial charge is 0.459 e. The fourth-order valence-corrected chi connectivity index (χ4v) is 3.12. The lowest BCUT2D eigenvalue weighted by molar-refractivity contribution is 0.0376. The van der Waals surface area contributed by atoms with Gasteiger partial charge in [0.2, 0.25) is 0 Å². The lowest BCUT2D eigenvalue weighted by atomic mass is 10.1. The number of H-pyrrole nitrogens is 1. The van der Waals surface area contributed by atoms with Crippen LogP contribution in [-0.2, 0) is 11.3 Å². The fraction of sp³-hybridized carbons (Fsp3) is 0.286. The molecule has 0 aliphatic carbocycles. The van der Waals surface area contributed by atoms with Gasteiger partial charge in [0, 0.05) is 24.6 Å². The Hall–Kier alpha value is -3.35. The minimum atomic E-state index is -0.427. The van der Waals surface area contributed by atoms with E-state index in [0.717, 1.165) is 11.3 Å². The number of para-hydroxylation sites is 1. The Morgan fingerprint density at radius 2 is 1.96 bits per heavy atom. The van der Waals surface area contributed by atoms with Gasteiger partial charge in [-0.25, -0.2) is 9.48 Å². The molecule has 7 heteroatoms. The summed E-state index contributed by atoms with van der Waals surface area (Å²) in [5.74, 6) is -0.705. The molecule has 146 valence electrons. The average Bonchev–Trinajstić information content (AvgIpc) is 3.27. The number of amides is 1. The van der Waals surface area contributed by atoms with E-state index in [-0.39, 0.29) is 12.0 Å². The number of rotatable bonds is 6. The Bertz CT molecular complexity index is 987. The van der Waals surface area contributed by atoms with Gasteiger partial charge in [0.05, 0.1) is 17.4 Å². The highest BCUT2D eigenvalue weighted by molar-refractivity contribution is 6.00. The summed E-state index contributed by atoms with van der Waals surface area (Å²) in [4.78, 5) is 28.0. The zero-order valence-corrected chi connectivity index (χ0v) is 16.4. The summed E-state index contributed by atoms with van der Waals surface area (Å²) in [6.07, 6.45) is 3.33. The maximum atomic E-state index is 12.7. The summed E-state index contributed by atoms with van der Waals surface area (Å²) in [6.45, 7) is 7.42. The number of hydrogen-bond acceptors (Lipinski definition) is 4. The van der Waals surface area contributed by atoms with E-state index in [0.29, 0.717) is 29.1 Å². The first-order chi connectivity index (χ1) is 13.4. The summed E-state index contributed by atoms with van der Waals surface area (Å²) in [5.41, 5.74) is 3.81. The predicted molar refractivity (Wildman–Crippen MR) is 106 cm³/mol. The number of aryl methyl sites for hydroxylation is 1. The summed E-state index contributed by atoms with van der Waals surface area (Å²) in [6, 6.07) is 9.57. The minimum absolute atomic E-state index is 0.225. The third-order valence-corrected chi connectivity index (χ3v) is 4.39. The van der Waals surface area contributed by atoms with E-state index in [4.69, 9.17) is 4.74 Å². The monoisotopic (exact) mass is 380 g/mol. The molecule has 2 heterocycles. The molecule has 0 spiro atoms. The highest BCUT2D eigenvalue weighted by atomic mass is 16.5. The van der Waals surface area contributed by atoms with Crippen molar-refractivity contribution < 1.29 is 14.3 Å². The number of esters is 1. The van der Waals surface area contributed by atoms with Gasteiger partial charge in [-0.3, -0.25) is 4.79 Å². The van der Waals surface area contributed by atoms with Crippen molar-refractivity contribution in [3.63, 3.8) is 0 Å². The maximum absolute atomic E-state index is 12.7. The van der Waals surface area contributed by atoms with Crippen molar-refractivity contribution in [2.75, 3.05) is 0 Å². The van der Waals surface area contributed by atoms with Crippen LogP contribution in [0.3, 0.4) is 0 Å². The number of hydrogen-bond donors (Lipinski definition) is 2. The molecule has 0 fully saturated rings. The molecule has 2 N–H and O–H groups in total. The zero-order chi connectivity index (χ0) is 20.3. The molecular weight excluding hydrogens is 356 g/mol. The third kappa shape index (κ3) is 3.98. The van der Waals surface area contributed by atoms with Crippen LogP contribution in [0.4, 0.5) is 0 Å². The van der Waals surface area contributed by atoms with Gasteiger partial charge in [-0.05, 0) is 51.0 Å². The molecule has 0 unspecified atom stereocenters. The number of ether oxygens (including phenoxy) is 1. The molecule has 1 aromatic carbocycles. The second-order valence-electron chi connectivity index (χ2n) is 6.84. The molecular formula is C21H24N4O3. The smallest absolute Gasteiger partial charge is 0.340 e. The number of nitrogens with zero attached hydrogens (tertiary/aromatic N) is 2. The molecule has 0 aliphatic heterocycles. The van der Waals surface area contributed by atoms with Crippen LogP contribution in [0.1, 0.15) is 51.5 Å². The Balaban J connectivity index is 1.78. The van der Waals surface area contributed by atoms with Gasteiger partial charge >= 0.3 is 5.97 Å². The first kappa shape index (κ1) is 19.4. The van der Waals surface area contributed by atoms with Crippen LogP contribution < -0.4 is 5.32 Å². The predicted octanol–water partition coefficient (Wildman–Crippen LogP) is 3.31. The molecule has 0 bridgehead atoms. The topological polar surface area (TPSA) is 89.0 Å². The van der Waals surface area contributed by atoms with Gasteiger partial charge in [0.15, 0.2) is 0 Å². The number of aromatic nitrogens is 3. The second kappa shape index (κ2) is 8.12. The van der Waals surface area contributed by atoms with Crippen LogP contribution in [0.2, 0.25) is 0 Å². The summed E-state index contributed by atoms with van der Waals surface area (Å²) >= 11 is 0. The van der Waals surface area contributed by atoms with Crippen molar-refractivity contribution in [1.82, 2.24) is 20.1 Å². The van der Waals surface area contributed by atoms with Crippen LogP contribution in [0.15, 0.2) is 42.7 Å². The summed E-state index contributed by atoms with van der Waals surface area (Å²) < 4.78 is 7.03. The van der Waals surface area contributed by atoms with Crippen molar-refractivity contribution in [2.24, 2.45) is 0 Å². The van der Waals surface area contributed by atoms with E-state index >= 15 is 0 Å². The van der Waals surface area contributed by atoms with Gasteiger partial charge in [0.1, 0.15) is 5.69 Å². The number of benzene rings is 1. The molecule has 0 radical (unpaired) electrons. The van der Waals surface area contributed by atoms with Crippen LogP contribution >= 0.6 is 0 Å². The Labute approximate surface area is 163 Å². The SMILES string of the molecule is Cc1[nH]c(C(=O)NCc2ccccc2-n2cccn2)c(C)c1C(=O)OC(C)C. The lowest BCUT2D eigenvalue weighted by Crippen LogP contribution is -2.24. The standard InChI is InChI=1S/C21H24N4O3/c1-13(2)28-21(27)18-14(3)19(24-15(18)4)20(26)22-12-16-8-5-6-9-17(16)25-11-7-10-23-25/h5-11,13,24H,12H2,1-4H3,(H,22,26). The normalized spacial score (nSPS) is 10.9. The van der Waals surface area contributed by atoms with Crippen molar-refractivity contribution in [1.29, 1.82) is 0 Å². The number of carbonyl (C=O) groups excluding carboxylic acids is 2. The molecule has 0 aliphatic rings. The van der Waals surface area contributed by atoms with Crippen LogP contribution in [-0.4, -0.2) is 32.7 Å². The highest BCUT2D eigenvalue weighted by Gasteiger charge is 2.23. The Kier molecular flexibility index (Phi) is 5.63. The van der Waals surface area contributed by atoms with E-state index in [9.17, 15) is 9.59 Å². The first-order valence-corrected chi connectivity index (χ1v) is 9.14. The van der Waals surface area contributed by atoms with Crippen LogP contribution in [0.25, 0.3) is 5.69 Å². The third-order valence-electron chi connectivity index (χ3n) is 4.39. The lowest BCUT2D eigenvalue weighted by Gasteiger charge is -2.11. The fourth-order valence-electron chi connectivity index (χ4n) is 3.12. The molecule has 3 rings (SSSR count). The summed E-state index contributed by atoms with van der Waals surface area (Å²) in [7, 11) is 0. The quantitative estimate of drug-likeness (QED) is 0.642. The van der Waals surface area contributed by atoms with Gasteiger partial charge in [-0.2, -0.15) is 5.10 Å². The van der Waals surface area contributed by atoms with Gasteiger partial charge < -0.3 is 15.0 Å². The second-order valence-corrected chi connectivity index (χ2v) is 6.84. The highest BCUT2D eigenvalue weighted by Crippen LogP contribution is 2.20. The van der Waals surface area contributed by atoms with Crippen molar-refractivity contribution in [3.05, 3.63) is 70.8 Å². The van der Waals surface area contributed by atoms with E-state index in [1.165, 1.54) is 0 Å². The number of carbonyl (C=O) groups is 2. The molecule has 0 atom stereocenters. The van der Waals surface area contributed by atoms with Crippen molar-refractivity contribution >= 4 is 11.9 Å². The Morgan fingerprint density at radius 3 is 2.64 bits per heavy atom. The molecule has 7 nitrogen and oxygen atoms in total. The molecule has 0 saturated carbocycles. The average molecular weight is 380 g/mol. The van der Waals surface area contributed by atoms with E-state index in [2.05, 4.69) is 15.4 Å². The van der Waals surface area contributed by atoms with E-state index in [1.54, 1.807) is 38.6 Å². The van der Waals surface area contributed by atoms with Crippen molar-refractivity contribution in [2.45, 2.75) is 40.3 Å². The van der Waals surface area contributed by atoms with E-state index < -0.39 is 5.97 Å². The van der Waals surface area contributed by atoms with Gasteiger partial charge in [0.25, 0.3) is 5.91 Å². The van der Waals surface area contributed by atoms with Crippen LogP contribution in [0.5, 0.6) is 0 Å². The number of nitrogens with one attached hydrogen (secondary N) is 2. The maximum Gasteiger partial charge on any atom is 0.340 e. The Morgan fingerprint density at radius 1 is 1.21 bits per heavy atom. The molecule has 2 aromatic heterocycles. The van der Waals surface area contributed by atoms with Crippen molar-refractivity contribution in [3.8, 4) is 5.69 Å². The minimum Gasteiger partial charge on any atom is -0.459 e. The van der Waals surface area contributed by atoms with Crippen LogP contribution in [0, 0.1) is 13.8 Å². The zero-order valence-electron chi connectivity index (χ0n) is 16.4. The van der Waals surface area contributed by atoms with Gasteiger partial charge in [-0.15, -0.1) is 0 Å². The molecule has 0 saturated heterocycles. The first-order valence-electron chi connectivity index (χ1n) is 9.14. The van der Waals surface area contributed by atoms with Gasteiger partial charge in [-0.1, -0.05) is 18.2 Å².